The lowest BCUT2D eigenvalue weighted by Crippen LogP contribution is -2.45. The minimum Gasteiger partial charge on any atom is -0.303 e. The zero-order chi connectivity index (χ0) is 13.4. The predicted octanol–water partition coefficient (Wildman–Crippen LogP) is 2.59. The number of piperidine rings is 2. The molecule has 0 amide bonds. The van der Waals surface area contributed by atoms with E-state index in [9.17, 15) is 0 Å². The highest BCUT2D eigenvalue weighted by Crippen LogP contribution is 2.21. The summed E-state index contributed by atoms with van der Waals surface area (Å²) >= 11 is 0. The molecule has 1 N–H and O–H groups in total. The summed E-state index contributed by atoms with van der Waals surface area (Å²) < 4.78 is 0. The summed E-state index contributed by atoms with van der Waals surface area (Å²) in [6.07, 6.45) is 5.56. The number of likely N-dealkylation sites (tertiary alicyclic amines) is 1. The van der Waals surface area contributed by atoms with Crippen LogP contribution in [0.15, 0.2) is 0 Å². The van der Waals surface area contributed by atoms with Gasteiger partial charge in [0, 0.05) is 19.6 Å². The topological polar surface area (TPSA) is 18.5 Å². The van der Waals surface area contributed by atoms with Crippen molar-refractivity contribution in [3.05, 3.63) is 0 Å². The fourth-order valence-corrected chi connectivity index (χ4v) is 2.95. The summed E-state index contributed by atoms with van der Waals surface area (Å²) in [5.74, 6) is 1.90. The van der Waals surface area contributed by atoms with Crippen LogP contribution in [0.1, 0.15) is 46.5 Å². The molecule has 0 saturated carbocycles. The third-order valence-corrected chi connectivity index (χ3v) is 4.32. The van der Waals surface area contributed by atoms with Gasteiger partial charge in [0.25, 0.3) is 0 Å². The third-order valence-electron chi connectivity index (χ3n) is 4.32. The normalized spacial score (nSPS) is 24.7. The minimum absolute atomic E-state index is 0.943. The van der Waals surface area contributed by atoms with E-state index in [2.05, 4.69) is 22.3 Å². The molecular formula is C15H33N3. The van der Waals surface area contributed by atoms with Crippen LogP contribution in [-0.4, -0.2) is 49.7 Å². The molecule has 2 rings (SSSR count). The summed E-state index contributed by atoms with van der Waals surface area (Å²) in [6.45, 7) is 12.9. The molecule has 108 valence electrons. The van der Waals surface area contributed by atoms with Crippen molar-refractivity contribution in [2.75, 3.05) is 39.8 Å². The predicted molar refractivity (Wildman–Crippen MR) is 79.5 cm³/mol. The van der Waals surface area contributed by atoms with Crippen LogP contribution in [0.25, 0.3) is 0 Å². The second-order valence-electron chi connectivity index (χ2n) is 5.64. The van der Waals surface area contributed by atoms with E-state index in [0.717, 1.165) is 11.8 Å². The number of nitrogens with one attached hydrogen (secondary N) is 1. The van der Waals surface area contributed by atoms with Crippen LogP contribution in [-0.2, 0) is 0 Å². The van der Waals surface area contributed by atoms with Crippen molar-refractivity contribution < 1.29 is 0 Å². The lowest BCUT2D eigenvalue weighted by Gasteiger charge is -2.36. The first-order valence-electron chi connectivity index (χ1n) is 7.92. The van der Waals surface area contributed by atoms with Gasteiger partial charge in [-0.05, 0) is 57.7 Å². The monoisotopic (exact) mass is 255 g/mol. The van der Waals surface area contributed by atoms with E-state index in [-0.39, 0.29) is 0 Å². The molecule has 0 aliphatic carbocycles. The third kappa shape index (κ3) is 5.25. The number of rotatable bonds is 3. The molecule has 0 aromatic heterocycles. The van der Waals surface area contributed by atoms with Crippen LogP contribution in [0.3, 0.4) is 0 Å². The molecule has 2 fully saturated rings. The van der Waals surface area contributed by atoms with Crippen molar-refractivity contribution in [2.24, 2.45) is 11.8 Å². The summed E-state index contributed by atoms with van der Waals surface area (Å²) in [5.41, 5.74) is 3.25. The van der Waals surface area contributed by atoms with Crippen LogP contribution >= 0.6 is 0 Å². The first kappa shape index (κ1) is 15.9. The Morgan fingerprint density at radius 1 is 0.944 bits per heavy atom. The Labute approximate surface area is 114 Å². The van der Waals surface area contributed by atoms with E-state index in [1.165, 1.54) is 58.4 Å². The van der Waals surface area contributed by atoms with Gasteiger partial charge in [-0.2, -0.15) is 0 Å². The van der Waals surface area contributed by atoms with Crippen LogP contribution in [0.5, 0.6) is 0 Å². The van der Waals surface area contributed by atoms with E-state index in [0.29, 0.717) is 0 Å². The zero-order valence-corrected chi connectivity index (χ0v) is 12.9. The quantitative estimate of drug-likeness (QED) is 0.836. The molecule has 18 heavy (non-hydrogen) atoms. The molecule has 0 aromatic rings. The van der Waals surface area contributed by atoms with E-state index in [1.807, 2.05) is 20.9 Å². The Morgan fingerprint density at radius 2 is 1.50 bits per heavy atom. The highest BCUT2D eigenvalue weighted by Gasteiger charge is 2.22. The lowest BCUT2D eigenvalue weighted by atomic mass is 9.94. The van der Waals surface area contributed by atoms with Gasteiger partial charge >= 0.3 is 0 Å². The fraction of sp³-hybridized carbons (Fsp3) is 1.00. The molecule has 0 bridgehead atoms. The Hall–Kier alpha value is -0.120. The van der Waals surface area contributed by atoms with Crippen molar-refractivity contribution in [1.29, 1.82) is 0 Å². The first-order chi connectivity index (χ1) is 8.78. The first-order valence-corrected chi connectivity index (χ1v) is 7.92. The summed E-state index contributed by atoms with van der Waals surface area (Å²) in [6, 6.07) is 0. The van der Waals surface area contributed by atoms with Crippen LogP contribution < -0.4 is 5.43 Å². The standard InChI is InChI=1S/C13H27N3.C2H6/c1-12-3-7-15(8-4-12)11-13-5-9-16(14-2)10-6-13;1-2/h12-14H,3-11H2,1-2H3;1-2H3. The Balaban J connectivity index is 0.000000771. The molecule has 0 atom stereocenters. The molecular weight excluding hydrogens is 222 g/mol. The highest BCUT2D eigenvalue weighted by atomic mass is 15.5. The van der Waals surface area contributed by atoms with Crippen LogP contribution in [0.4, 0.5) is 0 Å². The highest BCUT2D eigenvalue weighted by molar-refractivity contribution is 4.76. The van der Waals surface area contributed by atoms with Crippen molar-refractivity contribution in [3.63, 3.8) is 0 Å². The van der Waals surface area contributed by atoms with Gasteiger partial charge in [0.1, 0.15) is 0 Å². The molecule has 0 unspecified atom stereocenters. The molecule has 2 aliphatic heterocycles. The molecule has 0 aromatic carbocycles. The van der Waals surface area contributed by atoms with Crippen molar-refractivity contribution in [1.82, 2.24) is 15.3 Å². The molecule has 2 saturated heterocycles. The van der Waals surface area contributed by atoms with Crippen LogP contribution in [0, 0.1) is 11.8 Å². The number of hydrazine groups is 1. The fourth-order valence-electron chi connectivity index (χ4n) is 2.95. The van der Waals surface area contributed by atoms with E-state index in [1.54, 1.807) is 0 Å². The number of hydrogen-bond donors (Lipinski definition) is 1. The zero-order valence-electron chi connectivity index (χ0n) is 12.9. The van der Waals surface area contributed by atoms with Gasteiger partial charge in [-0.1, -0.05) is 20.8 Å². The molecule has 3 nitrogen and oxygen atoms in total. The minimum atomic E-state index is 0.943. The average molecular weight is 255 g/mol. The van der Waals surface area contributed by atoms with Gasteiger partial charge in [0.05, 0.1) is 0 Å². The summed E-state index contributed by atoms with van der Waals surface area (Å²) in [5, 5.41) is 2.34. The molecule has 0 radical (unpaired) electrons. The lowest BCUT2D eigenvalue weighted by molar-refractivity contribution is 0.0993. The molecule has 2 aliphatic rings. The van der Waals surface area contributed by atoms with E-state index < -0.39 is 0 Å². The molecule has 3 heteroatoms. The smallest absolute Gasteiger partial charge is 0.0134 e. The average Bonchev–Trinajstić information content (AvgIpc) is 2.44. The van der Waals surface area contributed by atoms with Crippen molar-refractivity contribution in [3.8, 4) is 0 Å². The Morgan fingerprint density at radius 3 is 2.00 bits per heavy atom. The maximum atomic E-state index is 3.25. The maximum absolute atomic E-state index is 3.25. The maximum Gasteiger partial charge on any atom is 0.0134 e. The van der Waals surface area contributed by atoms with Gasteiger partial charge in [-0.3, -0.25) is 5.43 Å². The number of hydrogen-bond acceptors (Lipinski definition) is 3. The molecule has 2 heterocycles. The van der Waals surface area contributed by atoms with Crippen molar-refractivity contribution in [2.45, 2.75) is 46.5 Å². The number of nitrogens with zero attached hydrogens (tertiary/aromatic N) is 2. The van der Waals surface area contributed by atoms with Gasteiger partial charge in [0.15, 0.2) is 0 Å². The second-order valence-corrected chi connectivity index (χ2v) is 5.64. The van der Waals surface area contributed by atoms with Gasteiger partial charge < -0.3 is 4.90 Å². The SMILES string of the molecule is CC.CNN1CCC(CN2CCC(C)CC2)CC1. The molecule has 0 spiro atoms. The van der Waals surface area contributed by atoms with Gasteiger partial charge in [-0.15, -0.1) is 0 Å². The van der Waals surface area contributed by atoms with Gasteiger partial charge in [0.2, 0.25) is 0 Å². The van der Waals surface area contributed by atoms with Crippen molar-refractivity contribution >= 4 is 0 Å². The Bertz CT molecular complexity index is 192. The van der Waals surface area contributed by atoms with Gasteiger partial charge in [-0.25, -0.2) is 5.01 Å². The second kappa shape index (κ2) is 8.89. The van der Waals surface area contributed by atoms with E-state index >= 15 is 0 Å². The largest absolute Gasteiger partial charge is 0.303 e. The van der Waals surface area contributed by atoms with Crippen LogP contribution in [0.2, 0.25) is 0 Å². The summed E-state index contributed by atoms with van der Waals surface area (Å²) in [4.78, 5) is 2.69. The Kier molecular flexibility index (Phi) is 7.87. The summed E-state index contributed by atoms with van der Waals surface area (Å²) in [7, 11) is 2.03. The van der Waals surface area contributed by atoms with E-state index in [4.69, 9.17) is 0 Å².